The van der Waals surface area contributed by atoms with E-state index in [0.717, 1.165) is 12.1 Å². The summed E-state index contributed by atoms with van der Waals surface area (Å²) >= 11 is 0. The first-order valence-electron chi connectivity index (χ1n) is 4.63. The number of benzene rings is 1. The molecule has 0 radical (unpaired) electrons. The van der Waals surface area contributed by atoms with E-state index in [4.69, 9.17) is 5.73 Å². The van der Waals surface area contributed by atoms with Crippen LogP contribution in [0.5, 0.6) is 0 Å². The van der Waals surface area contributed by atoms with Gasteiger partial charge in [-0.05, 0) is 17.7 Å². The van der Waals surface area contributed by atoms with Gasteiger partial charge in [-0.3, -0.25) is 0 Å². The highest BCUT2D eigenvalue weighted by molar-refractivity contribution is 7.89. The second-order valence-corrected chi connectivity index (χ2v) is 4.93. The van der Waals surface area contributed by atoms with Gasteiger partial charge in [0.15, 0.2) is 0 Å². The van der Waals surface area contributed by atoms with Crippen molar-refractivity contribution >= 4 is 10.0 Å². The van der Waals surface area contributed by atoms with Gasteiger partial charge in [0.25, 0.3) is 6.43 Å². The Bertz CT molecular complexity index is 491. The van der Waals surface area contributed by atoms with Crippen LogP contribution in [0.3, 0.4) is 0 Å². The van der Waals surface area contributed by atoms with Gasteiger partial charge in [-0.25, -0.2) is 26.3 Å². The molecule has 0 aliphatic heterocycles. The Labute approximate surface area is 96.7 Å². The third kappa shape index (κ3) is 3.69. The summed E-state index contributed by atoms with van der Waals surface area (Å²) < 4.78 is 61.6. The number of sulfonamides is 1. The van der Waals surface area contributed by atoms with Gasteiger partial charge in [0.1, 0.15) is 5.82 Å². The van der Waals surface area contributed by atoms with Crippen LogP contribution >= 0.6 is 0 Å². The van der Waals surface area contributed by atoms with Crippen molar-refractivity contribution < 1.29 is 21.6 Å². The lowest BCUT2D eigenvalue weighted by molar-refractivity contribution is 0.153. The molecule has 0 fully saturated rings. The molecule has 1 aromatic carbocycles. The Hall–Kier alpha value is -1.12. The molecule has 0 saturated carbocycles. The molecule has 8 heteroatoms. The standard InChI is InChI=1S/C9H11F3N2O2S/c10-7-2-1-6(4-13)8(3-7)17(15,16)14-5-9(11)12/h1-3,9,14H,4-5,13H2. The minimum Gasteiger partial charge on any atom is -0.326 e. The first kappa shape index (κ1) is 13.9. The minimum atomic E-state index is -4.17. The Kier molecular flexibility index (Phi) is 4.49. The molecule has 0 amide bonds. The van der Waals surface area contributed by atoms with Crippen LogP contribution in [-0.2, 0) is 16.6 Å². The zero-order chi connectivity index (χ0) is 13.1. The van der Waals surface area contributed by atoms with Crippen LogP contribution in [-0.4, -0.2) is 21.4 Å². The fraction of sp³-hybridized carbons (Fsp3) is 0.333. The van der Waals surface area contributed by atoms with Crippen LogP contribution < -0.4 is 10.5 Å². The quantitative estimate of drug-likeness (QED) is 0.830. The van der Waals surface area contributed by atoms with Gasteiger partial charge in [0.05, 0.1) is 11.4 Å². The number of nitrogens with one attached hydrogen (secondary N) is 1. The third-order valence-electron chi connectivity index (χ3n) is 1.97. The third-order valence-corrected chi connectivity index (χ3v) is 3.47. The van der Waals surface area contributed by atoms with E-state index in [-0.39, 0.29) is 12.1 Å². The molecule has 1 rings (SSSR count). The zero-order valence-corrected chi connectivity index (χ0v) is 9.48. The Morgan fingerprint density at radius 1 is 1.35 bits per heavy atom. The summed E-state index contributed by atoms with van der Waals surface area (Å²) in [4.78, 5) is -0.416. The fourth-order valence-corrected chi connectivity index (χ4v) is 2.46. The lowest BCUT2D eigenvalue weighted by Gasteiger charge is -2.10. The van der Waals surface area contributed by atoms with Gasteiger partial charge in [0.2, 0.25) is 10.0 Å². The average Bonchev–Trinajstić information content (AvgIpc) is 2.26. The lowest BCUT2D eigenvalue weighted by atomic mass is 10.2. The van der Waals surface area contributed by atoms with Crippen molar-refractivity contribution in [3.8, 4) is 0 Å². The molecule has 1 aromatic rings. The summed E-state index contributed by atoms with van der Waals surface area (Å²) in [5, 5.41) is 0. The predicted molar refractivity (Wildman–Crippen MR) is 55.5 cm³/mol. The highest BCUT2D eigenvalue weighted by Gasteiger charge is 2.20. The number of hydrogen-bond acceptors (Lipinski definition) is 3. The highest BCUT2D eigenvalue weighted by atomic mass is 32.2. The number of halogens is 3. The van der Waals surface area contributed by atoms with Crippen molar-refractivity contribution in [2.75, 3.05) is 6.54 Å². The van der Waals surface area contributed by atoms with Crippen LogP contribution in [0.4, 0.5) is 13.2 Å². The predicted octanol–water partition coefficient (Wildman–Crippen LogP) is 0.828. The van der Waals surface area contributed by atoms with Gasteiger partial charge in [-0.15, -0.1) is 0 Å². The van der Waals surface area contributed by atoms with Crippen molar-refractivity contribution in [3.05, 3.63) is 29.6 Å². The fourth-order valence-electron chi connectivity index (χ4n) is 1.20. The topological polar surface area (TPSA) is 72.2 Å². The van der Waals surface area contributed by atoms with E-state index < -0.39 is 33.7 Å². The van der Waals surface area contributed by atoms with Crippen molar-refractivity contribution in [1.29, 1.82) is 0 Å². The van der Waals surface area contributed by atoms with Crippen LogP contribution in [0.15, 0.2) is 23.1 Å². The maximum atomic E-state index is 12.9. The molecule has 0 saturated heterocycles. The molecule has 0 bridgehead atoms. The van der Waals surface area contributed by atoms with Crippen LogP contribution in [0, 0.1) is 5.82 Å². The molecule has 0 unspecified atom stereocenters. The molecule has 17 heavy (non-hydrogen) atoms. The van der Waals surface area contributed by atoms with E-state index in [0.29, 0.717) is 0 Å². The number of hydrogen-bond donors (Lipinski definition) is 2. The van der Waals surface area contributed by atoms with Crippen molar-refractivity contribution in [2.24, 2.45) is 5.73 Å². The molecular formula is C9H11F3N2O2S. The van der Waals surface area contributed by atoms with E-state index in [9.17, 15) is 21.6 Å². The summed E-state index contributed by atoms with van der Waals surface area (Å²) in [7, 11) is -4.17. The zero-order valence-electron chi connectivity index (χ0n) is 8.66. The maximum absolute atomic E-state index is 12.9. The van der Waals surface area contributed by atoms with Crippen LogP contribution in [0.2, 0.25) is 0 Å². The smallest absolute Gasteiger partial charge is 0.251 e. The first-order chi connectivity index (χ1) is 7.86. The maximum Gasteiger partial charge on any atom is 0.251 e. The molecule has 0 aromatic heterocycles. The van der Waals surface area contributed by atoms with Crippen molar-refractivity contribution in [3.63, 3.8) is 0 Å². The molecule has 0 aliphatic carbocycles. The largest absolute Gasteiger partial charge is 0.326 e. The van der Waals surface area contributed by atoms with E-state index in [1.165, 1.54) is 6.07 Å². The molecule has 3 N–H and O–H groups in total. The van der Waals surface area contributed by atoms with Crippen LogP contribution in [0.1, 0.15) is 5.56 Å². The molecular weight excluding hydrogens is 257 g/mol. The molecule has 0 aliphatic rings. The van der Waals surface area contributed by atoms with E-state index >= 15 is 0 Å². The lowest BCUT2D eigenvalue weighted by Crippen LogP contribution is -2.29. The summed E-state index contributed by atoms with van der Waals surface area (Å²) in [6.07, 6.45) is -2.82. The summed E-state index contributed by atoms with van der Waals surface area (Å²) in [5.41, 5.74) is 5.45. The van der Waals surface area contributed by atoms with Gasteiger partial charge >= 0.3 is 0 Å². The monoisotopic (exact) mass is 268 g/mol. The Morgan fingerprint density at radius 2 is 2.00 bits per heavy atom. The average molecular weight is 268 g/mol. The number of alkyl halides is 2. The molecule has 4 nitrogen and oxygen atoms in total. The number of rotatable bonds is 5. The van der Waals surface area contributed by atoms with E-state index in [1.807, 2.05) is 0 Å². The van der Waals surface area contributed by atoms with Crippen LogP contribution in [0.25, 0.3) is 0 Å². The summed E-state index contributed by atoms with van der Waals surface area (Å²) in [6.45, 7) is -1.16. The molecule has 0 spiro atoms. The SMILES string of the molecule is NCc1ccc(F)cc1S(=O)(=O)NCC(F)F. The summed E-state index contributed by atoms with van der Waals surface area (Å²) in [5.74, 6) is -0.778. The summed E-state index contributed by atoms with van der Waals surface area (Å²) in [6, 6.07) is 3.00. The van der Waals surface area contributed by atoms with Gasteiger partial charge in [-0.2, -0.15) is 0 Å². The van der Waals surface area contributed by atoms with Crippen molar-refractivity contribution in [2.45, 2.75) is 17.9 Å². The Balaban J connectivity index is 3.09. The van der Waals surface area contributed by atoms with Crippen molar-refractivity contribution in [1.82, 2.24) is 4.72 Å². The van der Waals surface area contributed by atoms with Gasteiger partial charge < -0.3 is 5.73 Å². The second-order valence-electron chi connectivity index (χ2n) is 3.20. The van der Waals surface area contributed by atoms with Gasteiger partial charge in [-0.1, -0.05) is 6.07 Å². The van der Waals surface area contributed by atoms with E-state index in [2.05, 4.69) is 0 Å². The first-order valence-corrected chi connectivity index (χ1v) is 6.11. The molecule has 0 atom stereocenters. The van der Waals surface area contributed by atoms with E-state index in [1.54, 1.807) is 4.72 Å². The Morgan fingerprint density at radius 3 is 2.53 bits per heavy atom. The minimum absolute atomic E-state index is 0.134. The highest BCUT2D eigenvalue weighted by Crippen LogP contribution is 2.16. The van der Waals surface area contributed by atoms with Gasteiger partial charge in [0, 0.05) is 6.54 Å². The normalized spacial score (nSPS) is 12.1. The number of nitrogens with two attached hydrogens (primary N) is 1. The molecule has 96 valence electrons. The second kappa shape index (κ2) is 5.48. The molecule has 0 heterocycles.